The second-order valence-electron chi connectivity index (χ2n) is 6.27. The van der Waals surface area contributed by atoms with Crippen molar-refractivity contribution in [2.75, 3.05) is 11.9 Å². The van der Waals surface area contributed by atoms with Crippen LogP contribution in [0.1, 0.15) is 17.0 Å². The summed E-state index contributed by atoms with van der Waals surface area (Å²) in [6, 6.07) is 11.2. The Labute approximate surface area is 144 Å². The van der Waals surface area contributed by atoms with Crippen LogP contribution in [0.3, 0.4) is 0 Å². The molecule has 6 heteroatoms. The molecule has 1 aromatic heterocycles. The molecule has 0 fully saturated rings. The van der Waals surface area contributed by atoms with Gasteiger partial charge in [-0.25, -0.2) is 9.37 Å². The number of aryl methyl sites for hydroxylation is 1. The molecular formula is C19H19FN4O. The van der Waals surface area contributed by atoms with E-state index in [1.165, 1.54) is 0 Å². The van der Waals surface area contributed by atoms with Crippen LogP contribution in [0.4, 0.5) is 10.1 Å². The van der Waals surface area contributed by atoms with Crippen LogP contribution in [-0.4, -0.2) is 22.0 Å². The van der Waals surface area contributed by atoms with E-state index in [4.69, 9.17) is 0 Å². The number of nitrogens with zero attached hydrogens (tertiary/aromatic N) is 2. The number of fused-ring (bicyclic) bond motifs is 2. The molecule has 2 aromatic carbocycles. The molecule has 0 aliphatic carbocycles. The summed E-state index contributed by atoms with van der Waals surface area (Å²) >= 11 is 0. The fourth-order valence-corrected chi connectivity index (χ4v) is 3.36. The molecule has 1 aliphatic rings. The Kier molecular flexibility index (Phi) is 3.97. The van der Waals surface area contributed by atoms with Gasteiger partial charge in [-0.1, -0.05) is 18.2 Å². The molecule has 0 saturated heterocycles. The van der Waals surface area contributed by atoms with Crippen LogP contribution >= 0.6 is 0 Å². The highest BCUT2D eigenvalue weighted by atomic mass is 19.1. The minimum Gasteiger partial charge on any atom is -0.322 e. The molecule has 5 nitrogen and oxygen atoms in total. The number of imidazole rings is 1. The lowest BCUT2D eigenvalue weighted by molar-refractivity contribution is -0.116. The minimum atomic E-state index is -0.320. The molecule has 4 rings (SSSR count). The molecule has 128 valence electrons. The minimum absolute atomic E-state index is 0.102. The molecule has 0 radical (unpaired) electrons. The van der Waals surface area contributed by atoms with E-state index in [0.717, 1.165) is 29.0 Å². The quantitative estimate of drug-likeness (QED) is 0.772. The predicted molar refractivity (Wildman–Crippen MR) is 94.9 cm³/mol. The summed E-state index contributed by atoms with van der Waals surface area (Å²) < 4.78 is 16.5. The Balaban J connectivity index is 1.57. The molecule has 2 heterocycles. The topological polar surface area (TPSA) is 59.0 Å². The van der Waals surface area contributed by atoms with Gasteiger partial charge in [-0.2, -0.15) is 0 Å². The molecular weight excluding hydrogens is 319 g/mol. The number of para-hydroxylation sites is 2. The second-order valence-corrected chi connectivity index (χ2v) is 6.27. The number of amides is 1. The van der Waals surface area contributed by atoms with Crippen molar-refractivity contribution < 1.29 is 9.18 Å². The number of hydrogen-bond donors (Lipinski definition) is 2. The summed E-state index contributed by atoms with van der Waals surface area (Å²) in [6.07, 6.45) is 0.635. The Morgan fingerprint density at radius 3 is 3.04 bits per heavy atom. The third-order valence-corrected chi connectivity index (χ3v) is 4.63. The first-order chi connectivity index (χ1) is 12.1. The zero-order chi connectivity index (χ0) is 17.4. The third-order valence-electron chi connectivity index (χ3n) is 4.63. The summed E-state index contributed by atoms with van der Waals surface area (Å²) in [5.41, 5.74) is 3.64. The smallest absolute Gasteiger partial charge is 0.244 e. The lowest BCUT2D eigenvalue weighted by atomic mass is 9.99. The number of anilines is 1. The number of carbonyl (C=O) groups excluding carboxylic acids is 1. The van der Waals surface area contributed by atoms with Gasteiger partial charge >= 0.3 is 0 Å². The standard InChI is InChI=1S/C19H19FN4O/c1-12-22-15-4-2-3-5-17(15)24(12)11-18(25)23-16-7-6-13-10-21-9-8-14(13)19(16)20/h2-7,21H,8-11H2,1H3,(H,23,25). The van der Waals surface area contributed by atoms with E-state index in [2.05, 4.69) is 15.6 Å². The van der Waals surface area contributed by atoms with Gasteiger partial charge in [0.25, 0.3) is 0 Å². The molecule has 1 aliphatic heterocycles. The van der Waals surface area contributed by atoms with Crippen molar-refractivity contribution in [2.45, 2.75) is 26.4 Å². The van der Waals surface area contributed by atoms with Crippen molar-refractivity contribution >= 4 is 22.6 Å². The highest BCUT2D eigenvalue weighted by Crippen LogP contribution is 2.24. The van der Waals surface area contributed by atoms with Crippen LogP contribution in [0.5, 0.6) is 0 Å². The fourth-order valence-electron chi connectivity index (χ4n) is 3.36. The van der Waals surface area contributed by atoms with Crippen molar-refractivity contribution in [3.8, 4) is 0 Å². The maximum absolute atomic E-state index is 14.7. The molecule has 2 N–H and O–H groups in total. The van der Waals surface area contributed by atoms with Crippen molar-refractivity contribution in [2.24, 2.45) is 0 Å². The first-order valence-corrected chi connectivity index (χ1v) is 8.36. The van der Waals surface area contributed by atoms with Crippen molar-refractivity contribution in [1.29, 1.82) is 0 Å². The fraction of sp³-hybridized carbons (Fsp3) is 0.263. The Hall–Kier alpha value is -2.73. The van der Waals surface area contributed by atoms with Gasteiger partial charge in [0.2, 0.25) is 5.91 Å². The second kappa shape index (κ2) is 6.29. The van der Waals surface area contributed by atoms with E-state index in [9.17, 15) is 9.18 Å². The average Bonchev–Trinajstić information content (AvgIpc) is 2.93. The van der Waals surface area contributed by atoms with Gasteiger partial charge in [0.1, 0.15) is 18.2 Å². The number of halogens is 1. The van der Waals surface area contributed by atoms with Crippen molar-refractivity contribution in [3.63, 3.8) is 0 Å². The summed E-state index contributed by atoms with van der Waals surface area (Å²) in [5, 5.41) is 5.92. The van der Waals surface area contributed by atoms with Crippen LogP contribution in [0.15, 0.2) is 36.4 Å². The van der Waals surface area contributed by atoms with Crippen molar-refractivity contribution in [3.05, 3.63) is 59.2 Å². The number of carbonyl (C=O) groups is 1. The Morgan fingerprint density at radius 1 is 1.32 bits per heavy atom. The maximum Gasteiger partial charge on any atom is 0.244 e. The molecule has 3 aromatic rings. The van der Waals surface area contributed by atoms with E-state index in [0.29, 0.717) is 18.5 Å². The van der Waals surface area contributed by atoms with E-state index >= 15 is 0 Å². The van der Waals surface area contributed by atoms with Gasteiger partial charge in [0, 0.05) is 6.54 Å². The zero-order valence-electron chi connectivity index (χ0n) is 14.0. The number of nitrogens with one attached hydrogen (secondary N) is 2. The average molecular weight is 338 g/mol. The molecule has 1 amide bonds. The monoisotopic (exact) mass is 338 g/mol. The van der Waals surface area contributed by atoms with Crippen LogP contribution in [0.25, 0.3) is 11.0 Å². The SMILES string of the molecule is Cc1nc2ccccc2n1CC(=O)Nc1ccc2c(c1F)CCNC2. The molecule has 25 heavy (non-hydrogen) atoms. The Bertz CT molecular complexity index is 963. The predicted octanol–water partition coefficient (Wildman–Crippen LogP) is 2.77. The van der Waals surface area contributed by atoms with Crippen molar-refractivity contribution in [1.82, 2.24) is 14.9 Å². The van der Waals surface area contributed by atoms with Crippen LogP contribution in [0, 0.1) is 12.7 Å². The summed E-state index contributed by atoms with van der Waals surface area (Å²) in [4.78, 5) is 16.9. The molecule has 0 saturated carbocycles. The zero-order valence-corrected chi connectivity index (χ0v) is 14.0. The number of benzene rings is 2. The van der Waals surface area contributed by atoms with E-state index in [-0.39, 0.29) is 24.0 Å². The van der Waals surface area contributed by atoms with Gasteiger partial charge in [-0.05, 0) is 49.2 Å². The van der Waals surface area contributed by atoms with Crippen LogP contribution < -0.4 is 10.6 Å². The van der Waals surface area contributed by atoms with Crippen LogP contribution in [0.2, 0.25) is 0 Å². The van der Waals surface area contributed by atoms with E-state index < -0.39 is 0 Å². The Morgan fingerprint density at radius 2 is 2.16 bits per heavy atom. The highest BCUT2D eigenvalue weighted by Gasteiger charge is 2.18. The number of hydrogen-bond acceptors (Lipinski definition) is 3. The highest BCUT2D eigenvalue weighted by molar-refractivity contribution is 5.92. The van der Waals surface area contributed by atoms with Gasteiger partial charge in [-0.15, -0.1) is 0 Å². The summed E-state index contributed by atoms with van der Waals surface area (Å²) in [6.45, 7) is 3.38. The summed E-state index contributed by atoms with van der Waals surface area (Å²) in [5.74, 6) is 0.173. The lowest BCUT2D eigenvalue weighted by Crippen LogP contribution is -2.26. The van der Waals surface area contributed by atoms with Gasteiger partial charge in [0.15, 0.2) is 0 Å². The molecule has 0 bridgehead atoms. The maximum atomic E-state index is 14.7. The lowest BCUT2D eigenvalue weighted by Gasteiger charge is -2.19. The first kappa shape index (κ1) is 15.8. The van der Waals surface area contributed by atoms with Gasteiger partial charge in [0.05, 0.1) is 16.7 Å². The van der Waals surface area contributed by atoms with E-state index in [1.807, 2.05) is 41.8 Å². The summed E-state index contributed by atoms with van der Waals surface area (Å²) in [7, 11) is 0. The molecule has 0 atom stereocenters. The van der Waals surface area contributed by atoms with Gasteiger partial charge in [-0.3, -0.25) is 4.79 Å². The normalized spacial score (nSPS) is 13.7. The molecule has 0 spiro atoms. The third kappa shape index (κ3) is 2.89. The molecule has 0 unspecified atom stereocenters. The van der Waals surface area contributed by atoms with Crippen LogP contribution in [-0.2, 0) is 24.3 Å². The number of aromatic nitrogens is 2. The van der Waals surface area contributed by atoms with Gasteiger partial charge < -0.3 is 15.2 Å². The number of rotatable bonds is 3. The first-order valence-electron chi connectivity index (χ1n) is 8.36. The van der Waals surface area contributed by atoms with E-state index in [1.54, 1.807) is 6.07 Å². The largest absolute Gasteiger partial charge is 0.322 e.